The van der Waals surface area contributed by atoms with Gasteiger partial charge in [-0.25, -0.2) is 9.78 Å². The van der Waals surface area contributed by atoms with Crippen LogP contribution in [0.15, 0.2) is 0 Å². The molecule has 2 aliphatic rings. The van der Waals surface area contributed by atoms with Gasteiger partial charge in [-0.15, -0.1) is 0 Å². The van der Waals surface area contributed by atoms with E-state index < -0.39 is 0 Å². The lowest BCUT2D eigenvalue weighted by atomic mass is 10.2. The molecule has 2 N–H and O–H groups in total. The average Bonchev–Trinajstić information content (AvgIpc) is 3.33. The van der Waals surface area contributed by atoms with E-state index in [9.17, 15) is 4.79 Å². The van der Waals surface area contributed by atoms with Crippen LogP contribution in [-0.2, 0) is 11.3 Å². The number of aromatic amines is 1. The van der Waals surface area contributed by atoms with Gasteiger partial charge in [-0.2, -0.15) is 5.10 Å². The van der Waals surface area contributed by atoms with Gasteiger partial charge in [0.15, 0.2) is 5.82 Å². The molecule has 3 heterocycles. The Morgan fingerprint density at radius 1 is 1.42 bits per heavy atom. The number of carbonyl (C=O) groups is 1. The minimum absolute atomic E-state index is 0.000822. The van der Waals surface area contributed by atoms with Crippen LogP contribution in [0.2, 0.25) is 0 Å². The highest BCUT2D eigenvalue weighted by Gasteiger charge is 2.29. The molecular weight excluding hydrogens is 308 g/mol. The molecule has 0 saturated carbocycles. The fourth-order valence-electron chi connectivity index (χ4n) is 3.55. The minimum atomic E-state index is -0.0280. The lowest BCUT2D eigenvalue weighted by Gasteiger charge is -2.26. The number of ether oxygens (including phenoxy) is 1. The van der Waals surface area contributed by atoms with Crippen molar-refractivity contribution in [3.8, 4) is 0 Å². The number of H-pyrrole nitrogens is 1. The Morgan fingerprint density at radius 3 is 2.96 bits per heavy atom. The minimum Gasteiger partial charge on any atom is -0.370 e. The number of carbonyl (C=O) groups excluding carboxylic acids is 1. The quantitative estimate of drug-likeness (QED) is 0.817. The van der Waals surface area contributed by atoms with Crippen LogP contribution in [0, 0.1) is 0 Å². The van der Waals surface area contributed by atoms with Crippen molar-refractivity contribution in [3.63, 3.8) is 0 Å². The van der Waals surface area contributed by atoms with Crippen molar-refractivity contribution in [2.45, 2.75) is 51.8 Å². The molecule has 2 amide bonds. The number of amides is 2. The zero-order chi connectivity index (χ0) is 16.9. The molecule has 8 heteroatoms. The maximum Gasteiger partial charge on any atom is 0.317 e. The molecule has 2 fully saturated rings. The number of hydrogen-bond acceptors (Lipinski definition) is 5. The molecule has 134 valence electrons. The van der Waals surface area contributed by atoms with Crippen molar-refractivity contribution in [1.29, 1.82) is 0 Å². The van der Waals surface area contributed by atoms with Crippen molar-refractivity contribution in [1.82, 2.24) is 30.3 Å². The Labute approximate surface area is 142 Å². The van der Waals surface area contributed by atoms with Gasteiger partial charge in [0.2, 0.25) is 0 Å². The maximum absolute atomic E-state index is 12.3. The Balaban J connectivity index is 1.46. The zero-order valence-corrected chi connectivity index (χ0v) is 14.6. The molecular formula is C16H28N6O2. The molecule has 1 aromatic rings. The SMILES string of the molecule is CCN(CC)C1CCN(C(=O)NCc2nc(C3CCCO3)n[nH]2)C1. The Bertz CT molecular complexity index is 538. The maximum atomic E-state index is 12.3. The summed E-state index contributed by atoms with van der Waals surface area (Å²) < 4.78 is 5.57. The van der Waals surface area contributed by atoms with Crippen LogP contribution < -0.4 is 5.32 Å². The fraction of sp³-hybridized carbons (Fsp3) is 0.812. The van der Waals surface area contributed by atoms with Crippen molar-refractivity contribution in [2.24, 2.45) is 0 Å². The summed E-state index contributed by atoms with van der Waals surface area (Å²) in [6.45, 7) is 9.14. The standard InChI is InChI=1S/C16H28N6O2/c1-3-21(4-2)12-7-8-22(11-12)16(23)17-10-14-18-15(20-19-14)13-6-5-9-24-13/h12-13H,3-11H2,1-2H3,(H,17,23)(H,18,19,20). The van der Waals surface area contributed by atoms with Crippen molar-refractivity contribution in [3.05, 3.63) is 11.6 Å². The van der Waals surface area contributed by atoms with Crippen molar-refractivity contribution >= 4 is 6.03 Å². The van der Waals surface area contributed by atoms with Crippen LogP contribution in [-0.4, -0.2) is 69.8 Å². The number of aromatic nitrogens is 3. The van der Waals surface area contributed by atoms with Gasteiger partial charge in [0.25, 0.3) is 0 Å². The Kier molecular flexibility index (Phi) is 5.68. The molecule has 0 radical (unpaired) electrons. The summed E-state index contributed by atoms with van der Waals surface area (Å²) in [5, 5.41) is 10.0. The fourth-order valence-corrected chi connectivity index (χ4v) is 3.55. The second kappa shape index (κ2) is 7.94. The van der Waals surface area contributed by atoms with Crippen LogP contribution in [0.4, 0.5) is 4.79 Å². The number of hydrogen-bond donors (Lipinski definition) is 2. The van der Waals surface area contributed by atoms with Crippen LogP contribution in [0.1, 0.15) is 50.9 Å². The summed E-state index contributed by atoms with van der Waals surface area (Å²) in [5.74, 6) is 1.37. The first-order chi connectivity index (χ1) is 11.7. The van der Waals surface area contributed by atoms with Gasteiger partial charge in [0.05, 0.1) is 6.54 Å². The van der Waals surface area contributed by atoms with Gasteiger partial charge < -0.3 is 15.0 Å². The van der Waals surface area contributed by atoms with Gasteiger partial charge in [0, 0.05) is 25.7 Å². The van der Waals surface area contributed by atoms with Gasteiger partial charge in [0.1, 0.15) is 11.9 Å². The number of nitrogens with one attached hydrogen (secondary N) is 2. The molecule has 2 atom stereocenters. The highest BCUT2D eigenvalue weighted by Crippen LogP contribution is 2.25. The topological polar surface area (TPSA) is 86.4 Å². The van der Waals surface area contributed by atoms with Gasteiger partial charge in [-0.1, -0.05) is 13.8 Å². The molecule has 2 saturated heterocycles. The second-order valence-corrected chi connectivity index (χ2v) is 6.41. The monoisotopic (exact) mass is 336 g/mol. The molecule has 0 spiro atoms. The summed E-state index contributed by atoms with van der Waals surface area (Å²) in [6, 6.07) is 0.446. The van der Waals surface area contributed by atoms with E-state index in [1.54, 1.807) is 0 Å². The predicted molar refractivity (Wildman–Crippen MR) is 89.4 cm³/mol. The highest BCUT2D eigenvalue weighted by molar-refractivity contribution is 5.74. The van der Waals surface area contributed by atoms with E-state index in [2.05, 4.69) is 39.2 Å². The summed E-state index contributed by atoms with van der Waals surface area (Å²) in [4.78, 5) is 21.1. The lowest BCUT2D eigenvalue weighted by molar-refractivity contribution is 0.105. The van der Waals surface area contributed by atoms with E-state index in [4.69, 9.17) is 4.74 Å². The van der Waals surface area contributed by atoms with Gasteiger partial charge in [-0.05, 0) is 32.4 Å². The third kappa shape index (κ3) is 3.87. The van der Waals surface area contributed by atoms with Crippen LogP contribution in [0.5, 0.6) is 0 Å². The molecule has 24 heavy (non-hydrogen) atoms. The normalized spacial score (nSPS) is 24.0. The molecule has 2 unspecified atom stereocenters. The van der Waals surface area contributed by atoms with E-state index in [1.165, 1.54) is 0 Å². The molecule has 3 rings (SSSR count). The van der Waals surface area contributed by atoms with E-state index in [-0.39, 0.29) is 12.1 Å². The number of rotatable bonds is 6. The molecule has 2 aliphatic heterocycles. The third-order valence-corrected chi connectivity index (χ3v) is 4.95. The molecule has 8 nitrogen and oxygen atoms in total. The number of likely N-dealkylation sites (tertiary alicyclic amines) is 1. The molecule has 0 aromatic carbocycles. The Hall–Kier alpha value is -1.67. The molecule has 1 aromatic heterocycles. The van der Waals surface area contributed by atoms with Crippen molar-refractivity contribution < 1.29 is 9.53 Å². The van der Waals surface area contributed by atoms with E-state index in [1.807, 2.05) is 4.90 Å². The average molecular weight is 336 g/mol. The lowest BCUT2D eigenvalue weighted by Crippen LogP contribution is -2.42. The zero-order valence-electron chi connectivity index (χ0n) is 14.6. The van der Waals surface area contributed by atoms with Crippen LogP contribution in [0.25, 0.3) is 0 Å². The first-order valence-corrected chi connectivity index (χ1v) is 9.00. The smallest absolute Gasteiger partial charge is 0.317 e. The largest absolute Gasteiger partial charge is 0.370 e. The Morgan fingerprint density at radius 2 is 2.25 bits per heavy atom. The second-order valence-electron chi connectivity index (χ2n) is 6.41. The van der Waals surface area contributed by atoms with Crippen molar-refractivity contribution in [2.75, 3.05) is 32.8 Å². The van der Waals surface area contributed by atoms with Crippen LogP contribution >= 0.6 is 0 Å². The first kappa shape index (κ1) is 17.2. The van der Waals surface area contributed by atoms with E-state index >= 15 is 0 Å². The first-order valence-electron chi connectivity index (χ1n) is 9.00. The molecule has 0 aliphatic carbocycles. The summed E-state index contributed by atoms with van der Waals surface area (Å²) in [6.07, 6.45) is 3.05. The third-order valence-electron chi connectivity index (χ3n) is 4.95. The van der Waals surface area contributed by atoms with Gasteiger partial charge in [-0.3, -0.25) is 10.00 Å². The summed E-state index contributed by atoms with van der Waals surface area (Å²) in [7, 11) is 0. The number of nitrogens with zero attached hydrogens (tertiary/aromatic N) is 4. The van der Waals surface area contributed by atoms with Gasteiger partial charge >= 0.3 is 6.03 Å². The summed E-state index contributed by atoms with van der Waals surface area (Å²) in [5.41, 5.74) is 0. The number of likely N-dealkylation sites (N-methyl/N-ethyl adjacent to an activating group) is 1. The van der Waals surface area contributed by atoms with Crippen LogP contribution in [0.3, 0.4) is 0 Å². The predicted octanol–water partition coefficient (Wildman–Crippen LogP) is 1.28. The molecule has 0 bridgehead atoms. The summed E-state index contributed by atoms with van der Waals surface area (Å²) >= 11 is 0. The van der Waals surface area contributed by atoms with E-state index in [0.717, 1.165) is 52.0 Å². The number of urea groups is 1. The van der Waals surface area contributed by atoms with E-state index in [0.29, 0.717) is 24.2 Å². The highest BCUT2D eigenvalue weighted by atomic mass is 16.5.